The fourth-order valence-electron chi connectivity index (χ4n) is 3.13. The molecule has 1 aliphatic rings. The molecule has 1 heterocycles. The highest BCUT2D eigenvalue weighted by Gasteiger charge is 2.36. The summed E-state index contributed by atoms with van der Waals surface area (Å²) in [6.45, 7) is 8.88. The van der Waals surface area contributed by atoms with Gasteiger partial charge in [-0.2, -0.15) is 0 Å². The van der Waals surface area contributed by atoms with Crippen molar-refractivity contribution in [2.24, 2.45) is 0 Å². The highest BCUT2D eigenvalue weighted by Crippen LogP contribution is 2.28. The third-order valence-electron chi connectivity index (χ3n) is 4.89. The lowest BCUT2D eigenvalue weighted by molar-refractivity contribution is 0.0452. The number of methoxy groups -OCH3 is 1. The monoisotopic (exact) mass is 290 g/mol. The Morgan fingerprint density at radius 1 is 1.29 bits per heavy atom. The molecule has 0 radical (unpaired) electrons. The predicted octanol–water partition coefficient (Wildman–Crippen LogP) is 3.23. The molecule has 2 rings (SSSR count). The highest BCUT2D eigenvalue weighted by atomic mass is 16.5. The van der Waals surface area contributed by atoms with Crippen LogP contribution in [-0.2, 0) is 4.74 Å². The lowest BCUT2D eigenvalue weighted by atomic mass is 9.90. The van der Waals surface area contributed by atoms with Gasteiger partial charge in [-0.3, -0.25) is 4.90 Å². The van der Waals surface area contributed by atoms with E-state index >= 15 is 0 Å². The number of piperazine rings is 1. The molecule has 3 heteroatoms. The first-order valence-electron chi connectivity index (χ1n) is 8.22. The van der Waals surface area contributed by atoms with Crippen LogP contribution < -0.4 is 5.32 Å². The molecule has 1 aromatic carbocycles. The van der Waals surface area contributed by atoms with Gasteiger partial charge in [0.05, 0.1) is 0 Å². The van der Waals surface area contributed by atoms with Gasteiger partial charge in [-0.05, 0) is 38.3 Å². The average Bonchev–Trinajstić information content (AvgIpc) is 2.54. The van der Waals surface area contributed by atoms with Crippen molar-refractivity contribution >= 4 is 0 Å². The number of benzene rings is 1. The molecule has 1 fully saturated rings. The summed E-state index contributed by atoms with van der Waals surface area (Å²) >= 11 is 0. The predicted molar refractivity (Wildman–Crippen MR) is 88.6 cm³/mol. The average molecular weight is 290 g/mol. The van der Waals surface area contributed by atoms with Gasteiger partial charge in [0.25, 0.3) is 0 Å². The molecule has 1 N–H and O–H groups in total. The molecule has 0 aromatic heterocycles. The van der Waals surface area contributed by atoms with E-state index in [4.69, 9.17) is 4.74 Å². The van der Waals surface area contributed by atoms with Crippen LogP contribution in [0.1, 0.15) is 44.7 Å². The van der Waals surface area contributed by atoms with E-state index < -0.39 is 0 Å². The maximum Gasteiger partial charge on any atom is 0.0462 e. The zero-order chi connectivity index (χ0) is 15.1. The summed E-state index contributed by atoms with van der Waals surface area (Å²) in [5.74, 6) is 0. The van der Waals surface area contributed by atoms with Crippen molar-refractivity contribution in [2.75, 3.05) is 33.4 Å². The Balaban J connectivity index is 1.98. The van der Waals surface area contributed by atoms with Gasteiger partial charge in [0.1, 0.15) is 0 Å². The van der Waals surface area contributed by atoms with Crippen molar-refractivity contribution in [3.05, 3.63) is 35.9 Å². The first kappa shape index (κ1) is 16.5. The van der Waals surface area contributed by atoms with Gasteiger partial charge in [0.15, 0.2) is 0 Å². The smallest absolute Gasteiger partial charge is 0.0462 e. The normalized spacial score (nSPS) is 26.9. The van der Waals surface area contributed by atoms with E-state index in [0.717, 1.165) is 26.1 Å². The van der Waals surface area contributed by atoms with Gasteiger partial charge in [-0.15, -0.1) is 0 Å². The van der Waals surface area contributed by atoms with E-state index in [9.17, 15) is 0 Å². The van der Waals surface area contributed by atoms with Crippen LogP contribution in [0.2, 0.25) is 0 Å². The Hall–Kier alpha value is -0.900. The summed E-state index contributed by atoms with van der Waals surface area (Å²) in [4.78, 5) is 2.68. The minimum Gasteiger partial charge on any atom is -0.385 e. The second-order valence-corrected chi connectivity index (χ2v) is 6.34. The van der Waals surface area contributed by atoms with Crippen LogP contribution in [0.25, 0.3) is 0 Å². The summed E-state index contributed by atoms with van der Waals surface area (Å²) in [7, 11) is 1.78. The maximum atomic E-state index is 5.17. The number of ether oxygens (including phenoxy) is 1. The largest absolute Gasteiger partial charge is 0.385 e. The lowest BCUT2D eigenvalue weighted by Gasteiger charge is -2.48. The third-order valence-corrected chi connectivity index (χ3v) is 4.89. The zero-order valence-corrected chi connectivity index (χ0v) is 13.8. The second kappa shape index (κ2) is 7.92. The number of rotatable bonds is 7. The topological polar surface area (TPSA) is 24.5 Å². The van der Waals surface area contributed by atoms with E-state index in [1.54, 1.807) is 7.11 Å². The summed E-state index contributed by atoms with van der Waals surface area (Å²) in [6.07, 6.45) is 3.55. The number of nitrogens with zero attached hydrogens (tertiary/aromatic N) is 1. The minimum absolute atomic E-state index is 0.276. The van der Waals surface area contributed by atoms with Crippen LogP contribution in [0.5, 0.6) is 0 Å². The van der Waals surface area contributed by atoms with E-state index in [0.29, 0.717) is 6.04 Å². The first-order valence-corrected chi connectivity index (χ1v) is 8.22. The fraction of sp³-hybridized carbons (Fsp3) is 0.667. The van der Waals surface area contributed by atoms with Crippen molar-refractivity contribution < 1.29 is 4.74 Å². The molecular weight excluding hydrogens is 260 g/mol. The van der Waals surface area contributed by atoms with Crippen molar-refractivity contribution in [3.63, 3.8) is 0 Å². The Morgan fingerprint density at radius 3 is 2.71 bits per heavy atom. The second-order valence-electron chi connectivity index (χ2n) is 6.34. The van der Waals surface area contributed by atoms with Gasteiger partial charge in [0, 0.05) is 38.4 Å². The fourth-order valence-corrected chi connectivity index (χ4v) is 3.13. The molecule has 118 valence electrons. The van der Waals surface area contributed by atoms with Crippen molar-refractivity contribution in [1.82, 2.24) is 10.2 Å². The molecule has 0 saturated carbocycles. The molecule has 2 unspecified atom stereocenters. The standard InChI is InChI=1S/C18H30N2O/c1-4-18(2)15-19-17(16-10-6-5-7-11-16)14-20(18)12-8-9-13-21-3/h5-7,10-11,17,19H,4,8-9,12-15H2,1-3H3. The van der Waals surface area contributed by atoms with Crippen LogP contribution in [0.4, 0.5) is 0 Å². The van der Waals surface area contributed by atoms with Crippen LogP contribution in [0, 0.1) is 0 Å². The van der Waals surface area contributed by atoms with Gasteiger partial charge in [-0.1, -0.05) is 37.3 Å². The minimum atomic E-state index is 0.276. The maximum absolute atomic E-state index is 5.17. The Kier molecular flexibility index (Phi) is 6.22. The first-order chi connectivity index (χ1) is 10.2. The number of hydrogen-bond donors (Lipinski definition) is 1. The highest BCUT2D eigenvalue weighted by molar-refractivity contribution is 5.20. The quantitative estimate of drug-likeness (QED) is 0.780. The van der Waals surface area contributed by atoms with Crippen molar-refractivity contribution in [2.45, 2.75) is 44.7 Å². The molecule has 3 nitrogen and oxygen atoms in total. The van der Waals surface area contributed by atoms with E-state index in [1.165, 1.54) is 24.9 Å². The van der Waals surface area contributed by atoms with Gasteiger partial charge < -0.3 is 10.1 Å². The van der Waals surface area contributed by atoms with Crippen LogP contribution in [0.15, 0.2) is 30.3 Å². The summed E-state index contributed by atoms with van der Waals surface area (Å²) in [6, 6.07) is 11.3. The Morgan fingerprint density at radius 2 is 2.05 bits per heavy atom. The van der Waals surface area contributed by atoms with E-state index in [1.807, 2.05) is 0 Å². The molecule has 0 spiro atoms. The molecule has 1 aliphatic heterocycles. The van der Waals surface area contributed by atoms with Crippen molar-refractivity contribution in [1.29, 1.82) is 0 Å². The summed E-state index contributed by atoms with van der Waals surface area (Å²) in [5.41, 5.74) is 1.68. The lowest BCUT2D eigenvalue weighted by Crippen LogP contribution is -2.60. The number of hydrogen-bond acceptors (Lipinski definition) is 3. The molecular formula is C18H30N2O. The van der Waals surface area contributed by atoms with Crippen LogP contribution in [-0.4, -0.2) is 43.8 Å². The molecule has 2 atom stereocenters. The summed E-state index contributed by atoms with van der Waals surface area (Å²) < 4.78 is 5.17. The van der Waals surface area contributed by atoms with Crippen LogP contribution >= 0.6 is 0 Å². The Bertz CT molecular complexity index is 409. The molecule has 21 heavy (non-hydrogen) atoms. The molecule has 1 aromatic rings. The number of unbranched alkanes of at least 4 members (excludes halogenated alkanes) is 1. The molecule has 0 amide bonds. The SMILES string of the molecule is CCC1(C)CNC(c2ccccc2)CN1CCCCOC. The third kappa shape index (κ3) is 4.29. The van der Waals surface area contributed by atoms with Gasteiger partial charge >= 0.3 is 0 Å². The zero-order valence-electron chi connectivity index (χ0n) is 13.8. The number of nitrogens with one attached hydrogen (secondary N) is 1. The molecule has 0 bridgehead atoms. The van der Waals surface area contributed by atoms with Gasteiger partial charge in [0.2, 0.25) is 0 Å². The molecule has 1 saturated heterocycles. The van der Waals surface area contributed by atoms with E-state index in [-0.39, 0.29) is 5.54 Å². The van der Waals surface area contributed by atoms with Gasteiger partial charge in [-0.25, -0.2) is 0 Å². The van der Waals surface area contributed by atoms with E-state index in [2.05, 4.69) is 54.4 Å². The molecule has 0 aliphatic carbocycles. The Labute approximate surface area is 129 Å². The van der Waals surface area contributed by atoms with Crippen molar-refractivity contribution in [3.8, 4) is 0 Å². The van der Waals surface area contributed by atoms with Crippen LogP contribution in [0.3, 0.4) is 0 Å². The summed E-state index contributed by atoms with van der Waals surface area (Å²) in [5, 5.41) is 3.74.